The molecule has 1 amide bonds. The van der Waals surface area contributed by atoms with E-state index in [2.05, 4.69) is 0 Å². The molecule has 0 aromatic heterocycles. The predicted octanol–water partition coefficient (Wildman–Crippen LogP) is 1.69. The Hall–Kier alpha value is -1.88. The van der Waals surface area contributed by atoms with Crippen LogP contribution in [0.1, 0.15) is 29.8 Å². The van der Waals surface area contributed by atoms with Gasteiger partial charge < -0.3 is 14.4 Å². The molecule has 1 atom stereocenters. The van der Waals surface area contributed by atoms with E-state index in [0.29, 0.717) is 31.0 Å². The van der Waals surface area contributed by atoms with Crippen molar-refractivity contribution in [1.82, 2.24) is 4.90 Å². The number of Topliss-reactive ketones (excluding diaryl/α,β-unsaturated/α-hetero) is 1. The van der Waals surface area contributed by atoms with Crippen LogP contribution in [0.4, 0.5) is 0 Å². The van der Waals surface area contributed by atoms with Crippen LogP contribution in [0.15, 0.2) is 18.2 Å². The van der Waals surface area contributed by atoms with Crippen LogP contribution in [-0.2, 0) is 16.0 Å². The van der Waals surface area contributed by atoms with Gasteiger partial charge in [-0.2, -0.15) is 0 Å². The maximum atomic E-state index is 12.4. The summed E-state index contributed by atoms with van der Waals surface area (Å²) >= 11 is 0. The topological polar surface area (TPSA) is 55.8 Å². The zero-order valence-electron chi connectivity index (χ0n) is 12.7. The summed E-state index contributed by atoms with van der Waals surface area (Å²) in [4.78, 5) is 25.7. The second kappa shape index (κ2) is 6.72. The van der Waals surface area contributed by atoms with E-state index in [9.17, 15) is 9.59 Å². The standard InChI is InChI=1S/C16H21NO4/c1-11-10-17(6-7-21-11)16(19)9-14-8-13(12(2)18)4-5-15(14)20-3/h4-5,8,11H,6-7,9-10H2,1-3H3. The number of benzene rings is 1. The number of carbonyl (C=O) groups excluding carboxylic acids is 2. The number of hydrogen-bond donors (Lipinski definition) is 0. The lowest BCUT2D eigenvalue weighted by Crippen LogP contribution is -2.45. The number of amides is 1. The first kappa shape index (κ1) is 15.5. The third-order valence-corrected chi connectivity index (χ3v) is 3.62. The van der Waals surface area contributed by atoms with Crippen LogP contribution in [0.3, 0.4) is 0 Å². The molecule has 5 nitrogen and oxygen atoms in total. The van der Waals surface area contributed by atoms with E-state index >= 15 is 0 Å². The lowest BCUT2D eigenvalue weighted by atomic mass is 10.0. The highest BCUT2D eigenvalue weighted by atomic mass is 16.5. The molecule has 5 heteroatoms. The molecule has 1 aliphatic heterocycles. The molecule has 0 N–H and O–H groups in total. The van der Waals surface area contributed by atoms with Gasteiger partial charge in [0, 0.05) is 24.2 Å². The molecule has 0 saturated carbocycles. The minimum Gasteiger partial charge on any atom is -0.496 e. The number of ketones is 1. The summed E-state index contributed by atoms with van der Waals surface area (Å²) in [5, 5.41) is 0. The van der Waals surface area contributed by atoms with Crippen LogP contribution >= 0.6 is 0 Å². The lowest BCUT2D eigenvalue weighted by molar-refractivity contribution is -0.137. The van der Waals surface area contributed by atoms with Gasteiger partial charge in [-0.15, -0.1) is 0 Å². The van der Waals surface area contributed by atoms with Gasteiger partial charge in [0.2, 0.25) is 5.91 Å². The highest BCUT2D eigenvalue weighted by Crippen LogP contribution is 2.22. The van der Waals surface area contributed by atoms with Crippen LogP contribution < -0.4 is 4.74 Å². The second-order valence-electron chi connectivity index (χ2n) is 5.28. The van der Waals surface area contributed by atoms with E-state index in [1.807, 2.05) is 6.92 Å². The predicted molar refractivity (Wildman–Crippen MR) is 78.7 cm³/mol. The van der Waals surface area contributed by atoms with Crippen molar-refractivity contribution in [2.75, 3.05) is 26.8 Å². The van der Waals surface area contributed by atoms with Gasteiger partial charge in [0.1, 0.15) is 5.75 Å². The number of rotatable bonds is 4. The summed E-state index contributed by atoms with van der Waals surface area (Å²) in [6, 6.07) is 5.19. The molecule has 1 aromatic rings. The van der Waals surface area contributed by atoms with Crippen molar-refractivity contribution in [3.05, 3.63) is 29.3 Å². The highest BCUT2D eigenvalue weighted by molar-refractivity contribution is 5.94. The van der Waals surface area contributed by atoms with Crippen LogP contribution in [0.5, 0.6) is 5.75 Å². The Morgan fingerprint density at radius 3 is 2.81 bits per heavy atom. The monoisotopic (exact) mass is 291 g/mol. The van der Waals surface area contributed by atoms with E-state index in [-0.39, 0.29) is 24.2 Å². The maximum absolute atomic E-state index is 12.4. The molecule has 1 fully saturated rings. The molecule has 1 aliphatic rings. The number of hydrogen-bond acceptors (Lipinski definition) is 4. The van der Waals surface area contributed by atoms with Gasteiger partial charge in [-0.3, -0.25) is 9.59 Å². The number of ether oxygens (including phenoxy) is 2. The molecule has 0 bridgehead atoms. The third kappa shape index (κ3) is 3.82. The molecule has 1 heterocycles. The van der Waals surface area contributed by atoms with E-state index in [0.717, 1.165) is 5.56 Å². The fraction of sp³-hybridized carbons (Fsp3) is 0.500. The summed E-state index contributed by atoms with van der Waals surface area (Å²) in [7, 11) is 1.56. The van der Waals surface area contributed by atoms with Crippen LogP contribution in [0.25, 0.3) is 0 Å². The quantitative estimate of drug-likeness (QED) is 0.792. The van der Waals surface area contributed by atoms with Gasteiger partial charge in [-0.05, 0) is 32.0 Å². The highest BCUT2D eigenvalue weighted by Gasteiger charge is 2.22. The second-order valence-corrected chi connectivity index (χ2v) is 5.28. The Labute approximate surface area is 124 Å². The van der Waals surface area contributed by atoms with Crippen molar-refractivity contribution >= 4 is 11.7 Å². The maximum Gasteiger partial charge on any atom is 0.227 e. The molecular formula is C16H21NO4. The zero-order chi connectivity index (χ0) is 15.4. The Balaban J connectivity index is 2.15. The Bertz CT molecular complexity index is 541. The minimum absolute atomic E-state index is 0.0219. The number of nitrogens with zero attached hydrogens (tertiary/aromatic N) is 1. The fourth-order valence-corrected chi connectivity index (χ4v) is 2.46. The van der Waals surface area contributed by atoms with Crippen LogP contribution in [0.2, 0.25) is 0 Å². The van der Waals surface area contributed by atoms with Crippen molar-refractivity contribution in [1.29, 1.82) is 0 Å². The summed E-state index contributed by atoms with van der Waals surface area (Å²) in [5.41, 5.74) is 1.34. The molecule has 0 aliphatic carbocycles. The third-order valence-electron chi connectivity index (χ3n) is 3.62. The van der Waals surface area contributed by atoms with Gasteiger partial charge >= 0.3 is 0 Å². The zero-order valence-corrected chi connectivity index (χ0v) is 12.7. The molecule has 21 heavy (non-hydrogen) atoms. The molecule has 1 aromatic carbocycles. The van der Waals surface area contributed by atoms with Gasteiger partial charge in [-0.25, -0.2) is 0 Å². The summed E-state index contributed by atoms with van der Waals surface area (Å²) in [6.07, 6.45) is 0.296. The molecule has 1 unspecified atom stereocenters. The minimum atomic E-state index is -0.0219. The smallest absolute Gasteiger partial charge is 0.227 e. The van der Waals surface area contributed by atoms with Crippen LogP contribution in [0, 0.1) is 0 Å². The summed E-state index contributed by atoms with van der Waals surface area (Å²) in [5.74, 6) is 0.644. The summed E-state index contributed by atoms with van der Waals surface area (Å²) in [6.45, 7) is 5.25. The largest absolute Gasteiger partial charge is 0.496 e. The Kier molecular flexibility index (Phi) is 4.96. The first-order chi connectivity index (χ1) is 10.0. The number of carbonyl (C=O) groups is 2. The van der Waals surface area contributed by atoms with Crippen molar-refractivity contribution in [2.24, 2.45) is 0 Å². The summed E-state index contributed by atoms with van der Waals surface area (Å²) < 4.78 is 10.7. The van der Waals surface area contributed by atoms with Gasteiger partial charge in [-0.1, -0.05) is 0 Å². The normalized spacial score (nSPS) is 18.4. The average Bonchev–Trinajstić information content (AvgIpc) is 2.47. The molecule has 114 valence electrons. The van der Waals surface area contributed by atoms with Crippen molar-refractivity contribution in [3.8, 4) is 5.75 Å². The average molecular weight is 291 g/mol. The molecule has 1 saturated heterocycles. The molecular weight excluding hydrogens is 270 g/mol. The van der Waals surface area contributed by atoms with E-state index < -0.39 is 0 Å². The van der Waals surface area contributed by atoms with E-state index in [1.54, 1.807) is 30.2 Å². The first-order valence-corrected chi connectivity index (χ1v) is 7.08. The van der Waals surface area contributed by atoms with Crippen molar-refractivity contribution in [2.45, 2.75) is 26.4 Å². The Morgan fingerprint density at radius 2 is 2.19 bits per heavy atom. The van der Waals surface area contributed by atoms with Crippen molar-refractivity contribution < 1.29 is 19.1 Å². The first-order valence-electron chi connectivity index (χ1n) is 7.08. The van der Waals surface area contributed by atoms with Crippen LogP contribution in [-0.4, -0.2) is 49.5 Å². The number of morpholine rings is 1. The number of methoxy groups -OCH3 is 1. The van der Waals surface area contributed by atoms with E-state index in [4.69, 9.17) is 9.47 Å². The van der Waals surface area contributed by atoms with E-state index in [1.165, 1.54) is 6.92 Å². The lowest BCUT2D eigenvalue weighted by Gasteiger charge is -2.31. The van der Waals surface area contributed by atoms with Crippen molar-refractivity contribution in [3.63, 3.8) is 0 Å². The van der Waals surface area contributed by atoms with Gasteiger partial charge in [0.25, 0.3) is 0 Å². The fourth-order valence-electron chi connectivity index (χ4n) is 2.46. The van der Waals surface area contributed by atoms with Gasteiger partial charge in [0.15, 0.2) is 5.78 Å². The van der Waals surface area contributed by atoms with Gasteiger partial charge in [0.05, 0.1) is 26.2 Å². The molecule has 0 radical (unpaired) electrons. The molecule has 0 spiro atoms. The SMILES string of the molecule is COc1ccc(C(C)=O)cc1CC(=O)N1CCOC(C)C1. The Morgan fingerprint density at radius 1 is 1.43 bits per heavy atom. The molecule has 2 rings (SSSR count).